The summed E-state index contributed by atoms with van der Waals surface area (Å²) in [4.78, 5) is 21.5. The van der Waals surface area contributed by atoms with Crippen molar-refractivity contribution in [3.63, 3.8) is 0 Å². The lowest BCUT2D eigenvalue weighted by Gasteiger charge is -2.37. The molecule has 1 fully saturated rings. The van der Waals surface area contributed by atoms with Crippen LogP contribution in [0.1, 0.15) is 5.56 Å². The first-order valence-electron chi connectivity index (χ1n) is 13.4. The molecule has 0 bridgehead atoms. The van der Waals surface area contributed by atoms with Gasteiger partial charge in [0, 0.05) is 49.2 Å². The van der Waals surface area contributed by atoms with Crippen molar-refractivity contribution in [2.45, 2.75) is 18.7 Å². The summed E-state index contributed by atoms with van der Waals surface area (Å²) in [7, 11) is 0. The summed E-state index contributed by atoms with van der Waals surface area (Å²) < 4.78 is 45.6. The fraction of sp³-hybridized carbons (Fsp3) is 0.241. The monoisotopic (exact) mass is 610 g/mol. The summed E-state index contributed by atoms with van der Waals surface area (Å²) in [6.45, 7) is 2.23. The van der Waals surface area contributed by atoms with Crippen LogP contribution in [0.4, 0.5) is 24.5 Å². The van der Waals surface area contributed by atoms with E-state index < -0.39 is 35.3 Å². The van der Waals surface area contributed by atoms with Crippen LogP contribution in [0.15, 0.2) is 84.4 Å². The van der Waals surface area contributed by atoms with E-state index in [2.05, 4.69) is 25.0 Å². The number of hydrogen-bond donors (Lipinski definition) is 1. The summed E-state index contributed by atoms with van der Waals surface area (Å²) in [5, 5.41) is 19.8. The largest absolute Gasteiger partial charge is 0.381 e. The van der Waals surface area contributed by atoms with E-state index in [-0.39, 0.29) is 17.1 Å². The zero-order valence-electron chi connectivity index (χ0n) is 22.7. The molecule has 10 nitrogen and oxygen atoms in total. The highest BCUT2D eigenvalue weighted by Crippen LogP contribution is 2.29. The van der Waals surface area contributed by atoms with E-state index in [1.165, 1.54) is 34.3 Å². The van der Waals surface area contributed by atoms with Gasteiger partial charge in [-0.3, -0.25) is 0 Å². The lowest BCUT2D eigenvalue weighted by Crippen LogP contribution is -2.46. The molecule has 1 aliphatic rings. The Labute approximate surface area is 248 Å². The van der Waals surface area contributed by atoms with Crippen molar-refractivity contribution in [3.05, 3.63) is 118 Å². The van der Waals surface area contributed by atoms with E-state index in [4.69, 9.17) is 11.6 Å². The Morgan fingerprint density at radius 3 is 2.12 bits per heavy atom. The minimum Gasteiger partial charge on any atom is -0.381 e. The van der Waals surface area contributed by atoms with Gasteiger partial charge in [0.05, 0.1) is 23.8 Å². The van der Waals surface area contributed by atoms with Gasteiger partial charge in [-0.05, 0) is 48.5 Å². The molecule has 222 valence electrons. The summed E-state index contributed by atoms with van der Waals surface area (Å²) in [6, 6.07) is 14.9. The van der Waals surface area contributed by atoms with E-state index in [9.17, 15) is 23.1 Å². The quantitative estimate of drug-likeness (QED) is 0.287. The number of anilines is 2. The highest BCUT2D eigenvalue weighted by atomic mass is 35.5. The number of benzene rings is 3. The third kappa shape index (κ3) is 5.86. The maximum absolute atomic E-state index is 14.8. The van der Waals surface area contributed by atoms with E-state index >= 15 is 0 Å². The van der Waals surface area contributed by atoms with Gasteiger partial charge < -0.3 is 14.9 Å². The predicted molar refractivity (Wildman–Crippen MR) is 154 cm³/mol. The molecule has 0 aliphatic carbocycles. The summed E-state index contributed by atoms with van der Waals surface area (Å²) in [5.41, 5.74) is -0.383. The van der Waals surface area contributed by atoms with Gasteiger partial charge in [-0.1, -0.05) is 17.7 Å². The fourth-order valence-electron chi connectivity index (χ4n) is 5.27. The summed E-state index contributed by atoms with van der Waals surface area (Å²) in [5.74, 6) is -2.21. The number of rotatable bonds is 8. The van der Waals surface area contributed by atoms with Gasteiger partial charge in [0.2, 0.25) is 0 Å². The van der Waals surface area contributed by atoms with Gasteiger partial charge >= 0.3 is 5.69 Å². The molecule has 0 amide bonds. The molecule has 0 radical (unpaired) electrons. The van der Waals surface area contributed by atoms with Gasteiger partial charge in [0.1, 0.15) is 42.0 Å². The number of hydrogen-bond acceptors (Lipinski definition) is 7. The smallest absolute Gasteiger partial charge is 0.350 e. The average molecular weight is 611 g/mol. The van der Waals surface area contributed by atoms with Crippen molar-refractivity contribution in [2.75, 3.05) is 36.0 Å². The molecule has 14 heteroatoms. The second-order valence-corrected chi connectivity index (χ2v) is 10.7. The lowest BCUT2D eigenvalue weighted by molar-refractivity contribution is -0.00948. The van der Waals surface area contributed by atoms with Crippen molar-refractivity contribution >= 4 is 23.0 Å². The van der Waals surface area contributed by atoms with Crippen LogP contribution in [0, 0.1) is 17.5 Å². The molecule has 0 spiro atoms. The highest BCUT2D eigenvalue weighted by Gasteiger charge is 2.35. The second kappa shape index (κ2) is 11.6. The van der Waals surface area contributed by atoms with Gasteiger partial charge in [0.15, 0.2) is 0 Å². The summed E-state index contributed by atoms with van der Waals surface area (Å²) in [6.07, 6.45) is 3.92. The Morgan fingerprint density at radius 2 is 1.47 bits per heavy atom. The van der Waals surface area contributed by atoms with Crippen LogP contribution in [0.5, 0.6) is 0 Å². The zero-order chi connectivity index (χ0) is 30.1. The molecule has 0 saturated carbocycles. The third-order valence-corrected chi connectivity index (χ3v) is 7.80. The highest BCUT2D eigenvalue weighted by molar-refractivity contribution is 6.31. The molecule has 1 N–H and O–H groups in total. The lowest BCUT2D eigenvalue weighted by atomic mass is 9.93. The van der Waals surface area contributed by atoms with Gasteiger partial charge in [0.25, 0.3) is 0 Å². The molecular weight excluding hydrogens is 585 g/mol. The molecule has 1 aliphatic heterocycles. The zero-order valence-corrected chi connectivity index (χ0v) is 23.4. The Kier molecular flexibility index (Phi) is 7.67. The van der Waals surface area contributed by atoms with Gasteiger partial charge in [-0.25, -0.2) is 36.9 Å². The molecule has 6 rings (SSSR count). The number of aliphatic hydroxyl groups is 1. The molecule has 1 atom stereocenters. The fourth-order valence-corrected chi connectivity index (χ4v) is 5.44. The van der Waals surface area contributed by atoms with Crippen LogP contribution >= 0.6 is 11.6 Å². The number of nitrogens with zero attached hydrogens (tertiary/aromatic N) is 8. The molecule has 5 aromatic rings. The first kappa shape index (κ1) is 28.5. The van der Waals surface area contributed by atoms with Crippen molar-refractivity contribution in [2.24, 2.45) is 0 Å². The third-order valence-electron chi connectivity index (χ3n) is 7.51. The normalized spacial score (nSPS) is 15.1. The van der Waals surface area contributed by atoms with Gasteiger partial charge in [-0.15, -0.1) is 0 Å². The molecular formula is C29H26ClF3N8O2. The van der Waals surface area contributed by atoms with Crippen LogP contribution in [0.3, 0.4) is 0 Å². The standard InChI is InChI=1S/C29H26ClF3N8O2/c30-25-14-23(6-8-26(25)32)38-11-9-37(10-12-38)21-2-4-22(5-3-21)40-19-36-41(28(40)42)16-29(43,15-39-18-34-17-35-39)24-7-1-20(31)13-27(24)33/h1-8,13-14,17-19,43H,9-12,15-16H2. The van der Waals surface area contributed by atoms with Crippen LogP contribution in [-0.2, 0) is 18.7 Å². The minimum absolute atomic E-state index is 0.0941. The first-order valence-corrected chi connectivity index (χ1v) is 13.8. The van der Waals surface area contributed by atoms with Crippen LogP contribution in [0.2, 0.25) is 5.02 Å². The number of aromatic nitrogens is 6. The Balaban J connectivity index is 1.18. The molecule has 2 aromatic heterocycles. The topological polar surface area (TPSA) is 97.2 Å². The molecule has 3 aromatic carbocycles. The minimum atomic E-state index is -2.00. The predicted octanol–water partition coefficient (Wildman–Crippen LogP) is 3.61. The number of halogens is 4. The van der Waals surface area contributed by atoms with Crippen LogP contribution < -0.4 is 15.5 Å². The van der Waals surface area contributed by atoms with E-state index in [0.29, 0.717) is 11.8 Å². The van der Waals surface area contributed by atoms with Crippen molar-refractivity contribution < 1.29 is 18.3 Å². The maximum Gasteiger partial charge on any atom is 0.350 e. The van der Waals surface area contributed by atoms with Crippen LogP contribution in [-0.4, -0.2) is 60.4 Å². The number of piperazine rings is 1. The summed E-state index contributed by atoms with van der Waals surface area (Å²) >= 11 is 5.95. The SMILES string of the molecule is O=c1n(-c2ccc(N3CCN(c4ccc(F)c(Cl)c4)CC3)cc2)cnn1CC(O)(Cn1cncn1)c1ccc(F)cc1F. The second-order valence-electron chi connectivity index (χ2n) is 10.3. The Morgan fingerprint density at radius 1 is 0.791 bits per heavy atom. The Hall–Kier alpha value is -4.62. The molecule has 3 heterocycles. The van der Waals surface area contributed by atoms with Crippen molar-refractivity contribution in [3.8, 4) is 5.69 Å². The van der Waals surface area contributed by atoms with E-state index in [0.717, 1.165) is 54.4 Å². The molecule has 43 heavy (non-hydrogen) atoms. The van der Waals surface area contributed by atoms with Crippen molar-refractivity contribution in [1.29, 1.82) is 0 Å². The van der Waals surface area contributed by atoms with Crippen LogP contribution in [0.25, 0.3) is 5.69 Å². The molecule has 1 unspecified atom stereocenters. The molecule has 1 saturated heterocycles. The van der Waals surface area contributed by atoms with E-state index in [1.54, 1.807) is 24.3 Å². The van der Waals surface area contributed by atoms with Crippen molar-refractivity contribution in [1.82, 2.24) is 29.1 Å². The maximum atomic E-state index is 14.8. The first-order chi connectivity index (χ1) is 20.7. The van der Waals surface area contributed by atoms with E-state index in [1.807, 2.05) is 12.1 Å². The van der Waals surface area contributed by atoms with Gasteiger partial charge in [-0.2, -0.15) is 10.2 Å². The average Bonchev–Trinajstić information content (AvgIpc) is 3.64. The Bertz CT molecular complexity index is 1790.